The Labute approximate surface area is 197 Å². The van der Waals surface area contributed by atoms with E-state index >= 15 is 0 Å². The van der Waals surface area contributed by atoms with Gasteiger partial charge in [-0.1, -0.05) is 41.4 Å². The Bertz CT molecular complexity index is 1360. The van der Waals surface area contributed by atoms with Crippen molar-refractivity contribution < 1.29 is 8.42 Å². The Hall–Kier alpha value is -2.59. The fourth-order valence-electron chi connectivity index (χ4n) is 3.12. The van der Waals surface area contributed by atoms with E-state index in [1.165, 1.54) is 18.3 Å². The number of hydrogen-bond acceptors (Lipinski definition) is 5. The molecule has 0 fully saturated rings. The largest absolute Gasteiger partial charge is 0.370 e. The molecule has 2 radical (unpaired) electrons. The molecule has 2 aromatic carbocycles. The second kappa shape index (κ2) is 9.50. The summed E-state index contributed by atoms with van der Waals surface area (Å²) in [6.07, 6.45) is 2.07. The topological polar surface area (TPSA) is 88.4 Å². The van der Waals surface area contributed by atoms with E-state index in [1.54, 1.807) is 22.7 Å². The molecule has 162 valence electrons. The van der Waals surface area contributed by atoms with Gasteiger partial charge in [-0.3, -0.25) is 0 Å². The fourth-order valence-corrected chi connectivity index (χ4v) is 4.55. The van der Waals surface area contributed by atoms with Crippen molar-refractivity contribution in [3.8, 4) is 11.3 Å². The number of anilines is 1. The lowest BCUT2D eigenvalue weighted by Gasteiger charge is -2.12. The maximum absolute atomic E-state index is 12.4. The summed E-state index contributed by atoms with van der Waals surface area (Å²) in [6, 6.07) is 15.2. The van der Waals surface area contributed by atoms with Crippen molar-refractivity contribution in [3.05, 3.63) is 70.8 Å². The minimum atomic E-state index is -3.60. The molecule has 7 nitrogen and oxygen atoms in total. The molecule has 0 atom stereocenters. The summed E-state index contributed by atoms with van der Waals surface area (Å²) in [5.41, 5.74) is 2.38. The highest BCUT2D eigenvalue weighted by molar-refractivity contribution is 7.89. The summed E-state index contributed by atoms with van der Waals surface area (Å²) in [6.45, 7) is 0.745. The second-order valence-corrected chi connectivity index (χ2v) is 9.58. The lowest BCUT2D eigenvalue weighted by atomic mass is 10.0. The van der Waals surface area contributed by atoms with E-state index < -0.39 is 10.0 Å². The molecule has 0 unspecified atom stereocenters. The smallest absolute Gasteiger partial charge is 0.240 e. The van der Waals surface area contributed by atoms with Gasteiger partial charge in [-0.25, -0.2) is 18.1 Å². The number of rotatable bonds is 8. The van der Waals surface area contributed by atoms with Crippen molar-refractivity contribution in [1.82, 2.24) is 19.3 Å². The molecule has 0 amide bonds. The van der Waals surface area contributed by atoms with E-state index in [9.17, 15) is 8.42 Å². The van der Waals surface area contributed by atoms with Crippen molar-refractivity contribution in [1.29, 1.82) is 0 Å². The highest BCUT2D eigenvalue weighted by Gasteiger charge is 2.14. The van der Waals surface area contributed by atoms with E-state index in [2.05, 4.69) is 20.1 Å². The van der Waals surface area contributed by atoms with Crippen molar-refractivity contribution >= 4 is 58.0 Å². The molecule has 0 saturated heterocycles. The van der Waals surface area contributed by atoms with Crippen LogP contribution in [-0.4, -0.2) is 44.0 Å². The van der Waals surface area contributed by atoms with Crippen LogP contribution >= 0.6 is 23.2 Å². The van der Waals surface area contributed by atoms with Crippen LogP contribution in [0, 0.1) is 0 Å². The third-order valence-corrected chi connectivity index (χ3v) is 6.78. The predicted octanol–water partition coefficient (Wildman–Crippen LogP) is 3.28. The average Bonchev–Trinajstić information content (AvgIpc) is 3.15. The molecule has 2 aromatic heterocycles. The number of nitrogens with one attached hydrogen (secondary N) is 2. The van der Waals surface area contributed by atoms with Gasteiger partial charge in [0.15, 0.2) is 5.65 Å². The maximum atomic E-state index is 12.4. The molecule has 0 saturated carbocycles. The van der Waals surface area contributed by atoms with Crippen molar-refractivity contribution in [3.63, 3.8) is 0 Å². The van der Waals surface area contributed by atoms with E-state index in [0.717, 1.165) is 5.56 Å². The Morgan fingerprint density at radius 1 is 1.03 bits per heavy atom. The number of hydrogen-bond donors (Lipinski definition) is 2. The Kier molecular flexibility index (Phi) is 6.71. The van der Waals surface area contributed by atoms with Crippen LogP contribution in [0.2, 0.25) is 10.0 Å². The van der Waals surface area contributed by atoms with Gasteiger partial charge < -0.3 is 5.32 Å². The number of halogens is 2. The molecule has 0 aliphatic heterocycles. The maximum Gasteiger partial charge on any atom is 0.240 e. The van der Waals surface area contributed by atoms with Crippen LogP contribution < -0.4 is 15.5 Å². The normalized spacial score (nSPS) is 11.7. The van der Waals surface area contributed by atoms with Crippen LogP contribution in [0.15, 0.2) is 65.7 Å². The van der Waals surface area contributed by atoms with Gasteiger partial charge in [0.25, 0.3) is 0 Å². The summed E-state index contributed by atoms with van der Waals surface area (Å²) in [5.74, 6) is 0.669. The summed E-state index contributed by atoms with van der Waals surface area (Å²) < 4.78 is 28.9. The van der Waals surface area contributed by atoms with E-state index in [-0.39, 0.29) is 11.4 Å². The van der Waals surface area contributed by atoms with Gasteiger partial charge in [0.05, 0.1) is 10.6 Å². The van der Waals surface area contributed by atoms with Gasteiger partial charge in [0, 0.05) is 41.0 Å². The first-order chi connectivity index (χ1) is 15.3. The predicted molar refractivity (Wildman–Crippen MR) is 129 cm³/mol. The minimum absolute atomic E-state index is 0.169. The first-order valence-electron chi connectivity index (χ1n) is 9.73. The van der Waals surface area contributed by atoms with E-state index in [0.29, 0.717) is 45.6 Å². The molecule has 4 aromatic rings. The molecule has 11 heteroatoms. The minimum Gasteiger partial charge on any atom is -0.370 e. The zero-order chi connectivity index (χ0) is 22.7. The van der Waals surface area contributed by atoms with Crippen molar-refractivity contribution in [2.24, 2.45) is 0 Å². The Morgan fingerprint density at radius 2 is 1.78 bits per heavy atom. The number of sulfonamides is 1. The van der Waals surface area contributed by atoms with Crippen LogP contribution in [0.4, 0.5) is 5.82 Å². The molecular formula is C21H18BCl2N5O2S. The van der Waals surface area contributed by atoms with Crippen molar-refractivity contribution in [2.45, 2.75) is 11.3 Å². The summed E-state index contributed by atoms with van der Waals surface area (Å²) >= 11 is 12.2. The van der Waals surface area contributed by atoms with Gasteiger partial charge >= 0.3 is 0 Å². The summed E-state index contributed by atoms with van der Waals surface area (Å²) in [7, 11) is 2.43. The van der Waals surface area contributed by atoms with Crippen LogP contribution in [0.25, 0.3) is 16.9 Å². The number of nitrogens with zero attached hydrogens (tertiary/aromatic N) is 3. The summed E-state index contributed by atoms with van der Waals surface area (Å²) in [4.78, 5) is 4.76. The monoisotopic (exact) mass is 485 g/mol. The lowest BCUT2D eigenvalue weighted by Crippen LogP contribution is -2.26. The fraction of sp³-hybridized carbons (Fsp3) is 0.143. The molecule has 0 aliphatic rings. The Morgan fingerprint density at radius 3 is 2.53 bits per heavy atom. The standard InChI is InChI=1S/C21H18BCl2N5O2S/c22-17-13-26-29-20(12-19(28-21(17)29)16-4-1-2-5-18(16)24)25-10-3-11-27-32(30,31)15-8-6-14(23)7-9-15/h1-2,4-9,12-13,25,27H,3,10-11H2. The number of aromatic nitrogens is 3. The SMILES string of the molecule is [B]c1cnn2c(NCCCNS(=O)(=O)c3ccc(Cl)cc3)cc(-c3ccccc3Cl)nc12. The molecule has 0 aliphatic carbocycles. The van der Waals surface area contributed by atoms with E-state index in [4.69, 9.17) is 31.0 Å². The van der Waals surface area contributed by atoms with Gasteiger partial charge in [0.1, 0.15) is 13.7 Å². The highest BCUT2D eigenvalue weighted by Crippen LogP contribution is 2.28. The summed E-state index contributed by atoms with van der Waals surface area (Å²) in [5, 5.41) is 8.60. The molecule has 4 rings (SSSR count). The number of benzene rings is 2. The molecule has 0 spiro atoms. The van der Waals surface area contributed by atoms with Gasteiger partial charge in [-0.2, -0.15) is 9.61 Å². The molecular weight excluding hydrogens is 468 g/mol. The number of fused-ring (bicyclic) bond motifs is 1. The van der Waals surface area contributed by atoms with Crippen molar-refractivity contribution in [2.75, 3.05) is 18.4 Å². The molecule has 2 N–H and O–H groups in total. The van der Waals surface area contributed by atoms with Gasteiger partial charge in [-0.05, 0) is 42.2 Å². The third kappa shape index (κ3) is 4.91. The molecule has 2 heterocycles. The lowest BCUT2D eigenvalue weighted by molar-refractivity contribution is 0.580. The molecule has 32 heavy (non-hydrogen) atoms. The zero-order valence-corrected chi connectivity index (χ0v) is 19.1. The van der Waals surface area contributed by atoms with Crippen LogP contribution in [0.1, 0.15) is 6.42 Å². The van der Waals surface area contributed by atoms with Gasteiger partial charge in [0.2, 0.25) is 10.0 Å². The van der Waals surface area contributed by atoms with Gasteiger partial charge in [-0.15, -0.1) is 0 Å². The first-order valence-corrected chi connectivity index (χ1v) is 12.0. The quantitative estimate of drug-likeness (QED) is 0.295. The average molecular weight is 486 g/mol. The van der Waals surface area contributed by atoms with Crippen LogP contribution in [-0.2, 0) is 10.0 Å². The van der Waals surface area contributed by atoms with Crippen LogP contribution in [0.5, 0.6) is 0 Å². The second-order valence-electron chi connectivity index (χ2n) is 6.97. The zero-order valence-electron chi connectivity index (χ0n) is 16.8. The van der Waals surface area contributed by atoms with Crippen LogP contribution in [0.3, 0.4) is 0 Å². The third-order valence-electron chi connectivity index (χ3n) is 4.72. The Balaban J connectivity index is 1.45. The van der Waals surface area contributed by atoms with E-state index in [1.807, 2.05) is 24.3 Å². The molecule has 0 bridgehead atoms. The highest BCUT2D eigenvalue weighted by atomic mass is 35.5. The first kappa shape index (κ1) is 22.6.